The van der Waals surface area contributed by atoms with Crippen molar-refractivity contribution >= 4 is 56.9 Å². The van der Waals surface area contributed by atoms with Crippen molar-refractivity contribution in [3.63, 3.8) is 0 Å². The molecule has 2 aromatic carbocycles. The largest absolute Gasteiger partial charge is 0.507 e. The number of pyridine rings is 1. The SMILES string of the molecule is Nc1c2c(cc(=O)n1-c1c(SCCBr)cc(O)c3c1C(=O)c1ccccc1C3=O)C(=O)NC2=O. The first-order chi connectivity index (χ1) is 16.3. The molecule has 3 aromatic rings. The van der Waals surface area contributed by atoms with Crippen LogP contribution < -0.4 is 16.6 Å². The molecule has 2 amide bonds. The first-order valence-corrected chi connectivity index (χ1v) is 12.1. The monoisotopic (exact) mass is 539 g/mol. The number of alkyl halides is 1. The van der Waals surface area contributed by atoms with Crippen molar-refractivity contribution in [2.45, 2.75) is 4.90 Å². The van der Waals surface area contributed by atoms with Crippen LogP contribution in [0.4, 0.5) is 5.82 Å². The molecule has 1 aliphatic heterocycles. The molecule has 0 saturated heterocycles. The zero-order chi connectivity index (χ0) is 24.3. The molecule has 0 spiro atoms. The number of nitrogen functional groups attached to an aromatic ring is 1. The van der Waals surface area contributed by atoms with Gasteiger partial charge in [0.15, 0.2) is 11.6 Å². The Balaban J connectivity index is 1.91. The lowest BCUT2D eigenvalue weighted by atomic mass is 9.82. The standard InChI is InChI=1S/C23H14BrN3O6S/c24-5-6-34-13-8-12(28)16-17(20(31)10-4-2-1-3-9(10)19(16)30)18(13)27-14(29)7-11-15(21(27)25)23(33)26-22(11)32/h1-4,7-8,28H,5-6,25H2,(H,26,32,33). The van der Waals surface area contributed by atoms with Crippen LogP contribution in [0.3, 0.4) is 0 Å². The highest BCUT2D eigenvalue weighted by Gasteiger charge is 2.38. The summed E-state index contributed by atoms with van der Waals surface area (Å²) < 4.78 is 0.949. The summed E-state index contributed by atoms with van der Waals surface area (Å²) in [7, 11) is 0. The van der Waals surface area contributed by atoms with Crippen LogP contribution in [0.2, 0.25) is 0 Å². The number of halogens is 1. The summed E-state index contributed by atoms with van der Waals surface area (Å²) in [5.41, 5.74) is 4.87. The molecule has 0 atom stereocenters. The Kier molecular flexibility index (Phi) is 5.18. The maximum atomic E-state index is 13.6. The van der Waals surface area contributed by atoms with Crippen LogP contribution in [0.15, 0.2) is 46.1 Å². The topological polar surface area (TPSA) is 149 Å². The van der Waals surface area contributed by atoms with Gasteiger partial charge in [-0.15, -0.1) is 11.8 Å². The summed E-state index contributed by atoms with van der Waals surface area (Å²) in [6.07, 6.45) is 0. The molecule has 0 unspecified atom stereocenters. The molecule has 0 fully saturated rings. The maximum absolute atomic E-state index is 13.6. The number of hydrogen-bond donors (Lipinski definition) is 3. The molecule has 5 rings (SSSR count). The second-order valence-corrected chi connectivity index (χ2v) is 9.44. The highest BCUT2D eigenvalue weighted by molar-refractivity contribution is 9.09. The fraction of sp³-hybridized carbons (Fsp3) is 0.0870. The van der Waals surface area contributed by atoms with Crippen LogP contribution in [0.25, 0.3) is 5.69 Å². The number of aromatic nitrogens is 1. The Labute approximate surface area is 204 Å². The fourth-order valence-corrected chi connectivity index (χ4v) is 5.53. The number of hydrogen-bond acceptors (Lipinski definition) is 8. The number of imide groups is 1. The molecule has 9 nitrogen and oxygen atoms in total. The highest BCUT2D eigenvalue weighted by Crippen LogP contribution is 2.42. The van der Waals surface area contributed by atoms with E-state index in [0.29, 0.717) is 16.0 Å². The lowest BCUT2D eigenvalue weighted by molar-refractivity contribution is 0.0878. The minimum Gasteiger partial charge on any atom is -0.507 e. The van der Waals surface area contributed by atoms with Crippen molar-refractivity contribution < 1.29 is 24.3 Å². The lowest BCUT2D eigenvalue weighted by Crippen LogP contribution is -2.29. The molecule has 0 radical (unpaired) electrons. The Morgan fingerprint density at radius 2 is 1.56 bits per heavy atom. The van der Waals surface area contributed by atoms with E-state index in [2.05, 4.69) is 21.2 Å². The third kappa shape index (κ3) is 3.04. The summed E-state index contributed by atoms with van der Waals surface area (Å²) in [6.45, 7) is 0. The van der Waals surface area contributed by atoms with Crippen molar-refractivity contribution in [2.24, 2.45) is 0 Å². The number of carbonyl (C=O) groups excluding carboxylic acids is 4. The molecule has 1 aliphatic carbocycles. The number of fused-ring (bicyclic) bond motifs is 3. The van der Waals surface area contributed by atoms with Gasteiger partial charge in [-0.2, -0.15) is 0 Å². The Hall–Kier alpha value is -3.70. The number of phenolic OH excluding ortho intramolecular Hbond substituents is 1. The second-order valence-electron chi connectivity index (χ2n) is 7.51. The van der Waals surface area contributed by atoms with Crippen molar-refractivity contribution in [2.75, 3.05) is 16.8 Å². The number of nitrogens with zero attached hydrogens (tertiary/aromatic N) is 1. The predicted octanol–water partition coefficient (Wildman–Crippen LogP) is 2.27. The van der Waals surface area contributed by atoms with Gasteiger partial charge in [-0.3, -0.25) is 33.9 Å². The van der Waals surface area contributed by atoms with Gasteiger partial charge >= 0.3 is 0 Å². The number of amides is 2. The van der Waals surface area contributed by atoms with Crippen LogP contribution in [-0.4, -0.2) is 44.1 Å². The normalized spacial score (nSPS) is 14.0. The van der Waals surface area contributed by atoms with Crippen LogP contribution in [0.1, 0.15) is 52.6 Å². The highest BCUT2D eigenvalue weighted by atomic mass is 79.9. The molecular formula is C23H14BrN3O6S. The van der Waals surface area contributed by atoms with Gasteiger partial charge in [-0.25, -0.2) is 0 Å². The van der Waals surface area contributed by atoms with E-state index in [1.807, 2.05) is 0 Å². The van der Waals surface area contributed by atoms with Crippen molar-refractivity contribution in [3.8, 4) is 11.4 Å². The molecule has 170 valence electrons. The van der Waals surface area contributed by atoms with E-state index in [0.717, 1.165) is 10.6 Å². The van der Waals surface area contributed by atoms with Gasteiger partial charge in [-0.05, 0) is 6.07 Å². The third-order valence-electron chi connectivity index (χ3n) is 5.63. The maximum Gasteiger partial charge on any atom is 0.262 e. The molecule has 2 heterocycles. The summed E-state index contributed by atoms with van der Waals surface area (Å²) in [5.74, 6) is -2.96. The van der Waals surface area contributed by atoms with Gasteiger partial charge in [0.25, 0.3) is 17.4 Å². The zero-order valence-corrected chi connectivity index (χ0v) is 19.6. The Bertz CT molecular complexity index is 1540. The lowest BCUT2D eigenvalue weighted by Gasteiger charge is -2.25. The zero-order valence-electron chi connectivity index (χ0n) is 17.2. The van der Waals surface area contributed by atoms with Crippen LogP contribution in [0, 0.1) is 0 Å². The molecule has 0 saturated carbocycles. The molecular weight excluding hydrogens is 526 g/mol. The number of phenols is 1. The van der Waals surface area contributed by atoms with Crippen molar-refractivity contribution in [3.05, 3.63) is 80.1 Å². The predicted molar refractivity (Wildman–Crippen MR) is 128 cm³/mol. The summed E-state index contributed by atoms with van der Waals surface area (Å²) >= 11 is 4.53. The van der Waals surface area contributed by atoms with Gasteiger partial charge in [0.1, 0.15) is 11.6 Å². The van der Waals surface area contributed by atoms with E-state index in [1.165, 1.54) is 30.0 Å². The Morgan fingerprint density at radius 3 is 2.21 bits per heavy atom. The van der Waals surface area contributed by atoms with Crippen molar-refractivity contribution in [1.29, 1.82) is 0 Å². The van der Waals surface area contributed by atoms with E-state index in [1.54, 1.807) is 12.1 Å². The quantitative estimate of drug-likeness (QED) is 0.203. The van der Waals surface area contributed by atoms with Gasteiger partial charge in [0, 0.05) is 33.2 Å². The van der Waals surface area contributed by atoms with Gasteiger partial charge in [0.05, 0.1) is 27.9 Å². The second kappa shape index (κ2) is 7.96. The molecule has 11 heteroatoms. The number of nitrogens with two attached hydrogens (primary N) is 1. The number of anilines is 1. The van der Waals surface area contributed by atoms with Crippen LogP contribution >= 0.6 is 27.7 Å². The number of thioether (sulfide) groups is 1. The van der Waals surface area contributed by atoms with E-state index >= 15 is 0 Å². The van der Waals surface area contributed by atoms with E-state index in [9.17, 15) is 29.1 Å². The number of aromatic hydroxyl groups is 1. The van der Waals surface area contributed by atoms with Gasteiger partial charge in [-0.1, -0.05) is 40.2 Å². The third-order valence-corrected chi connectivity index (χ3v) is 7.58. The van der Waals surface area contributed by atoms with Gasteiger partial charge in [0.2, 0.25) is 0 Å². The summed E-state index contributed by atoms with van der Waals surface area (Å²) in [5, 5.41) is 13.4. The number of benzene rings is 2. The van der Waals surface area contributed by atoms with E-state index in [4.69, 9.17) is 5.73 Å². The first kappa shape index (κ1) is 22.1. The molecule has 2 aliphatic rings. The average Bonchev–Trinajstić information content (AvgIpc) is 3.09. The summed E-state index contributed by atoms with van der Waals surface area (Å²) in [6, 6.07) is 8.43. The molecule has 34 heavy (non-hydrogen) atoms. The Morgan fingerprint density at radius 1 is 0.912 bits per heavy atom. The van der Waals surface area contributed by atoms with Crippen molar-refractivity contribution in [1.82, 2.24) is 9.88 Å². The summed E-state index contributed by atoms with van der Waals surface area (Å²) in [4.78, 5) is 64.8. The minimum absolute atomic E-state index is 0.0240. The average molecular weight is 540 g/mol. The molecule has 1 aromatic heterocycles. The number of nitrogens with one attached hydrogen (secondary N) is 1. The minimum atomic E-state index is -0.777. The van der Waals surface area contributed by atoms with Crippen LogP contribution in [-0.2, 0) is 0 Å². The fourth-order valence-electron chi connectivity index (χ4n) is 4.22. The molecule has 0 bridgehead atoms. The smallest absolute Gasteiger partial charge is 0.262 e. The van der Waals surface area contributed by atoms with E-state index < -0.39 is 34.7 Å². The van der Waals surface area contributed by atoms with E-state index in [-0.39, 0.29) is 44.9 Å². The number of rotatable bonds is 4. The first-order valence-electron chi connectivity index (χ1n) is 9.95. The molecule has 4 N–H and O–H groups in total. The number of ketones is 2. The van der Waals surface area contributed by atoms with Crippen LogP contribution in [0.5, 0.6) is 5.75 Å². The number of carbonyl (C=O) groups is 4. The van der Waals surface area contributed by atoms with Gasteiger partial charge < -0.3 is 10.8 Å².